The van der Waals surface area contributed by atoms with Crippen molar-refractivity contribution in [2.24, 2.45) is 14.1 Å². The third kappa shape index (κ3) is 11.4. The second-order valence-electron chi connectivity index (χ2n) is 18.6. The number of hydrogen-bond acceptors (Lipinski definition) is 2. The predicted octanol–water partition coefficient (Wildman–Crippen LogP) is 17.2. The Morgan fingerprint density at radius 1 is 0.317 bits per heavy atom. The molecular formula is C56H84N4. The van der Waals surface area contributed by atoms with Crippen LogP contribution in [0.1, 0.15) is 182 Å². The highest BCUT2D eigenvalue weighted by Crippen LogP contribution is 2.40. The third-order valence-electron chi connectivity index (χ3n) is 13.9. The summed E-state index contributed by atoms with van der Waals surface area (Å²) in [6.07, 6.45) is 32.2. The van der Waals surface area contributed by atoms with E-state index in [1.54, 1.807) is 0 Å². The molecule has 4 aromatic carbocycles. The van der Waals surface area contributed by atoms with E-state index >= 15 is 0 Å². The maximum absolute atomic E-state index is 2.72. The number of nitrogens with zero attached hydrogens (tertiary/aromatic N) is 4. The molecule has 2 aromatic heterocycles. The summed E-state index contributed by atoms with van der Waals surface area (Å²) in [5, 5.41) is 10.9. The fourth-order valence-electron chi connectivity index (χ4n) is 10.3. The van der Waals surface area contributed by atoms with Crippen molar-refractivity contribution in [3.8, 4) is 0 Å². The third-order valence-corrected chi connectivity index (χ3v) is 13.9. The molecule has 0 N–H and O–H groups in total. The molecule has 0 fully saturated rings. The Kier molecular flexibility index (Phi) is 18.4. The summed E-state index contributed by atoms with van der Waals surface area (Å²) >= 11 is 0. The van der Waals surface area contributed by atoms with Gasteiger partial charge in [0.1, 0.15) is 11.6 Å². The van der Waals surface area contributed by atoms with Gasteiger partial charge in [0.05, 0.1) is 11.0 Å². The van der Waals surface area contributed by atoms with Gasteiger partial charge in [0.15, 0.2) is 0 Å². The molecule has 6 rings (SSSR count). The van der Waals surface area contributed by atoms with Gasteiger partial charge in [0.25, 0.3) is 0 Å². The van der Waals surface area contributed by atoms with Crippen molar-refractivity contribution >= 4 is 65.8 Å². The lowest BCUT2D eigenvalue weighted by atomic mass is 9.95. The average molecular weight is 813 g/mol. The number of fused-ring (bicyclic) bond motifs is 9. The highest BCUT2D eigenvalue weighted by atomic mass is 15.2. The van der Waals surface area contributed by atoms with E-state index in [2.05, 4.69) is 121 Å². The molecule has 4 nitrogen and oxygen atoms in total. The zero-order valence-electron chi connectivity index (χ0n) is 39.4. The summed E-state index contributed by atoms with van der Waals surface area (Å²) in [5.74, 6) is 2.78. The maximum Gasteiger partial charge on any atom is 0.109 e. The molecule has 0 bridgehead atoms. The lowest BCUT2D eigenvalue weighted by molar-refractivity contribution is 0.570. The summed E-state index contributed by atoms with van der Waals surface area (Å²) < 4.78 is 5.05. The van der Waals surface area contributed by atoms with Gasteiger partial charge in [-0.3, -0.25) is 0 Å². The van der Waals surface area contributed by atoms with Crippen molar-refractivity contribution in [1.82, 2.24) is 9.13 Å². The van der Waals surface area contributed by atoms with Crippen LogP contribution in [0, 0.1) is 0 Å². The van der Waals surface area contributed by atoms with Crippen LogP contribution in [0.2, 0.25) is 0 Å². The Morgan fingerprint density at radius 3 is 0.883 bits per heavy atom. The summed E-state index contributed by atoms with van der Waals surface area (Å²) in [7, 11) is 4.65. The molecule has 6 aromatic rings. The van der Waals surface area contributed by atoms with Gasteiger partial charge in [0.2, 0.25) is 0 Å². The molecule has 0 spiro atoms. The lowest BCUT2D eigenvalue weighted by Gasteiger charge is -2.25. The molecule has 60 heavy (non-hydrogen) atoms. The van der Waals surface area contributed by atoms with Gasteiger partial charge in [-0.2, -0.15) is 0 Å². The zero-order chi connectivity index (χ0) is 42.1. The number of aryl methyl sites for hydroxylation is 2. The van der Waals surface area contributed by atoms with Crippen molar-refractivity contribution in [1.29, 1.82) is 0 Å². The van der Waals surface area contributed by atoms with E-state index in [1.165, 1.54) is 220 Å². The van der Waals surface area contributed by atoms with Crippen LogP contribution in [-0.2, 0) is 14.1 Å². The average Bonchev–Trinajstić information content (AvgIpc) is 3.79. The number of rotatable bonds is 30. The molecule has 0 radical (unpaired) electrons. The van der Waals surface area contributed by atoms with Gasteiger partial charge in [-0.25, -0.2) is 0 Å². The van der Waals surface area contributed by atoms with Gasteiger partial charge in [0, 0.05) is 61.8 Å². The molecule has 2 heterocycles. The van der Waals surface area contributed by atoms with E-state index in [0.717, 1.165) is 26.2 Å². The topological polar surface area (TPSA) is 16.3 Å². The van der Waals surface area contributed by atoms with Crippen molar-refractivity contribution < 1.29 is 0 Å². The Balaban J connectivity index is 1.29. The molecule has 0 aliphatic rings. The van der Waals surface area contributed by atoms with Gasteiger partial charge < -0.3 is 18.9 Å². The van der Waals surface area contributed by atoms with Crippen LogP contribution in [0.25, 0.3) is 54.1 Å². The van der Waals surface area contributed by atoms with Crippen molar-refractivity contribution in [2.45, 2.75) is 182 Å². The molecular weight excluding hydrogens is 729 g/mol. The number of hydrogen-bond donors (Lipinski definition) is 0. The fourth-order valence-corrected chi connectivity index (χ4v) is 10.3. The van der Waals surface area contributed by atoms with E-state index < -0.39 is 0 Å². The summed E-state index contributed by atoms with van der Waals surface area (Å²) in [6.45, 7) is 13.9. The van der Waals surface area contributed by atoms with E-state index in [0.29, 0.717) is 0 Å². The second-order valence-corrected chi connectivity index (χ2v) is 18.6. The Labute approximate surface area is 366 Å². The Hall–Kier alpha value is -3.66. The van der Waals surface area contributed by atoms with E-state index in [9.17, 15) is 0 Å². The standard InChI is InChI=1S/C56H84N4/c1-7-11-15-19-23-27-39-59(40-28-24-20-16-12-8-2)53-43-45-31-33-49-47-36-38-52-50(48(47)35-37-51(49)55(45)57(53)5)34-32-46-44-54(58(6)56(46)52)60(41-29-25-21-17-13-9-3)42-30-26-22-18-14-10-4/h31-38,43-44H,7-30,39-42H2,1-6H3. The molecule has 0 saturated heterocycles. The SMILES string of the molecule is CCCCCCCCN(CCCCCCCC)c1cc2ccc3c4ccc5c(ccc6cc(N(CCCCCCCC)CCCCCCCC)n(C)c65)c4ccc3c2n1C. The predicted molar refractivity (Wildman–Crippen MR) is 270 cm³/mol. The van der Waals surface area contributed by atoms with Crippen molar-refractivity contribution in [3.63, 3.8) is 0 Å². The number of anilines is 2. The minimum absolute atomic E-state index is 1.16. The number of aromatic nitrogens is 2. The maximum atomic E-state index is 2.72. The number of benzene rings is 4. The van der Waals surface area contributed by atoms with Crippen LogP contribution in [0.4, 0.5) is 11.6 Å². The Bertz CT molecular complexity index is 2000. The van der Waals surface area contributed by atoms with Crippen molar-refractivity contribution in [2.75, 3.05) is 36.0 Å². The van der Waals surface area contributed by atoms with Gasteiger partial charge in [-0.1, -0.05) is 205 Å². The first-order valence-corrected chi connectivity index (χ1v) is 25.4. The first kappa shape index (κ1) is 45.9. The van der Waals surface area contributed by atoms with Crippen LogP contribution >= 0.6 is 0 Å². The van der Waals surface area contributed by atoms with Gasteiger partial charge in [-0.05, 0) is 59.4 Å². The lowest BCUT2D eigenvalue weighted by Crippen LogP contribution is -2.27. The highest BCUT2D eigenvalue weighted by Gasteiger charge is 2.19. The normalized spacial score (nSPS) is 12.0. The summed E-state index contributed by atoms with van der Waals surface area (Å²) in [4.78, 5) is 5.45. The Morgan fingerprint density at radius 2 is 0.567 bits per heavy atom. The monoisotopic (exact) mass is 813 g/mol. The van der Waals surface area contributed by atoms with Crippen LogP contribution in [0.3, 0.4) is 0 Å². The first-order chi connectivity index (χ1) is 29.5. The quantitative estimate of drug-likeness (QED) is 0.0333. The molecule has 4 heteroatoms. The summed E-state index contributed by atoms with van der Waals surface area (Å²) in [5.41, 5.74) is 2.75. The minimum Gasteiger partial charge on any atom is -0.358 e. The van der Waals surface area contributed by atoms with E-state index in [1.807, 2.05) is 0 Å². The second kappa shape index (κ2) is 24.1. The minimum atomic E-state index is 1.16. The molecule has 0 atom stereocenters. The number of unbranched alkanes of at least 4 members (excludes halogenated alkanes) is 20. The molecule has 0 unspecified atom stereocenters. The summed E-state index contributed by atoms with van der Waals surface area (Å²) in [6, 6.07) is 24.3. The smallest absolute Gasteiger partial charge is 0.109 e. The van der Waals surface area contributed by atoms with E-state index in [4.69, 9.17) is 0 Å². The zero-order valence-corrected chi connectivity index (χ0v) is 39.4. The van der Waals surface area contributed by atoms with Crippen LogP contribution in [0.5, 0.6) is 0 Å². The first-order valence-electron chi connectivity index (χ1n) is 25.4. The fraction of sp³-hybridized carbons (Fsp3) is 0.607. The van der Waals surface area contributed by atoms with Crippen LogP contribution in [-0.4, -0.2) is 35.3 Å². The van der Waals surface area contributed by atoms with E-state index in [-0.39, 0.29) is 0 Å². The van der Waals surface area contributed by atoms with Crippen LogP contribution < -0.4 is 9.80 Å². The molecule has 0 saturated carbocycles. The largest absolute Gasteiger partial charge is 0.358 e. The highest BCUT2D eigenvalue weighted by molar-refractivity contribution is 6.24. The molecule has 0 aliphatic heterocycles. The molecule has 0 amide bonds. The van der Waals surface area contributed by atoms with Crippen molar-refractivity contribution in [3.05, 3.63) is 60.7 Å². The molecule has 328 valence electrons. The van der Waals surface area contributed by atoms with Crippen LogP contribution in [0.15, 0.2) is 60.7 Å². The molecule has 0 aliphatic carbocycles. The van der Waals surface area contributed by atoms with Gasteiger partial charge >= 0.3 is 0 Å². The van der Waals surface area contributed by atoms with Gasteiger partial charge in [-0.15, -0.1) is 0 Å².